The van der Waals surface area contributed by atoms with Crippen LogP contribution in [0.2, 0.25) is 0 Å². The molecule has 0 N–H and O–H groups in total. The second-order valence-corrected chi connectivity index (χ2v) is 17.1. The highest BCUT2D eigenvalue weighted by Gasteiger charge is 2.21. The van der Waals surface area contributed by atoms with E-state index in [2.05, 4.69) is 50.3 Å². The molecule has 0 aliphatic rings. The van der Waals surface area contributed by atoms with Crippen molar-refractivity contribution in [1.29, 1.82) is 0 Å². The van der Waals surface area contributed by atoms with E-state index in [0.29, 0.717) is 17.4 Å². The molecule has 0 bridgehead atoms. The number of carbonyl (C=O) groups excluding carboxylic acids is 2. The molecule has 2 atom stereocenters. The lowest BCUT2D eigenvalue weighted by Crippen LogP contribution is -2.37. The molecule has 0 rings (SSSR count). The number of hydrogen-bond donors (Lipinski definition) is 0. The van der Waals surface area contributed by atoms with Crippen molar-refractivity contribution in [2.45, 2.75) is 187 Å². The van der Waals surface area contributed by atoms with Crippen LogP contribution in [0.15, 0.2) is 36.5 Å². The van der Waals surface area contributed by atoms with Gasteiger partial charge in [0.15, 0.2) is 6.10 Å². The van der Waals surface area contributed by atoms with Gasteiger partial charge in [0, 0.05) is 12.8 Å². The van der Waals surface area contributed by atoms with Crippen molar-refractivity contribution in [3.63, 3.8) is 0 Å². The summed E-state index contributed by atoms with van der Waals surface area (Å²) >= 11 is 0. The van der Waals surface area contributed by atoms with E-state index in [4.69, 9.17) is 18.5 Å². The normalized spacial score (nSPS) is 14.0. The lowest BCUT2D eigenvalue weighted by molar-refractivity contribution is -0.870. The highest BCUT2D eigenvalue weighted by molar-refractivity contribution is 7.45. The molecular formula is C44H82NO8P. The van der Waals surface area contributed by atoms with Crippen molar-refractivity contribution in [3.8, 4) is 0 Å². The number of likely N-dealkylation sites (N-methyl/N-ethyl adjacent to an activating group) is 1. The van der Waals surface area contributed by atoms with Gasteiger partial charge in [0.1, 0.15) is 19.8 Å². The summed E-state index contributed by atoms with van der Waals surface area (Å²) in [5, 5.41) is 0. The van der Waals surface area contributed by atoms with Crippen LogP contribution in [0, 0.1) is 0 Å². The molecule has 316 valence electrons. The molecule has 0 amide bonds. The summed E-state index contributed by atoms with van der Waals surface area (Å²) in [6, 6.07) is 0. The Morgan fingerprint density at radius 2 is 1.04 bits per heavy atom. The van der Waals surface area contributed by atoms with E-state index in [0.717, 1.165) is 77.0 Å². The van der Waals surface area contributed by atoms with Gasteiger partial charge in [-0.25, -0.2) is 0 Å². The summed E-state index contributed by atoms with van der Waals surface area (Å²) in [6.07, 6.45) is 40.2. The topological polar surface area (TPSA) is 111 Å². The SMILES string of the molecule is CCC/C=C\C/C=C\CCCCCCCC(=O)OC(COC(=O)CCCCCCCCC/C=C\CCCCCCCC)COP(=O)([O-])OCC[N+](C)(C)C. The first-order valence-electron chi connectivity index (χ1n) is 21.7. The molecule has 0 spiro atoms. The van der Waals surface area contributed by atoms with Gasteiger partial charge < -0.3 is 27.9 Å². The summed E-state index contributed by atoms with van der Waals surface area (Å²) in [4.78, 5) is 37.5. The fraction of sp³-hybridized carbons (Fsp3) is 0.818. The standard InChI is InChI=1S/C44H82NO8P/c1-6-8-10-12-14-16-18-20-21-22-23-25-26-28-30-32-34-36-43(46)50-40-42(41-52-54(48,49)51-39-38-45(3,4)5)53-44(47)37-35-33-31-29-27-24-19-17-15-13-11-9-7-2/h11,13,17,19-21,42H,6-10,12,14-16,18,22-41H2,1-5H3/b13-11-,19-17-,21-20-. The van der Waals surface area contributed by atoms with Gasteiger partial charge in [-0.2, -0.15) is 0 Å². The van der Waals surface area contributed by atoms with Gasteiger partial charge in [-0.05, 0) is 64.2 Å². The van der Waals surface area contributed by atoms with Crippen LogP contribution in [0.4, 0.5) is 0 Å². The Morgan fingerprint density at radius 3 is 1.56 bits per heavy atom. The first kappa shape index (κ1) is 52.2. The molecule has 0 fully saturated rings. The van der Waals surface area contributed by atoms with Crippen LogP contribution in [0.1, 0.15) is 181 Å². The third-order valence-electron chi connectivity index (χ3n) is 9.11. The number of hydrogen-bond acceptors (Lipinski definition) is 8. The number of allylic oxidation sites excluding steroid dienone is 6. The molecule has 10 heteroatoms. The minimum Gasteiger partial charge on any atom is -0.756 e. The first-order chi connectivity index (χ1) is 26.0. The fourth-order valence-electron chi connectivity index (χ4n) is 5.69. The summed E-state index contributed by atoms with van der Waals surface area (Å²) < 4.78 is 33.8. The number of quaternary nitrogens is 1. The Hall–Kier alpha value is -1.77. The second kappa shape index (κ2) is 36.8. The Morgan fingerprint density at radius 1 is 0.574 bits per heavy atom. The van der Waals surface area contributed by atoms with E-state index in [-0.39, 0.29) is 26.1 Å². The Labute approximate surface area is 331 Å². The molecular weight excluding hydrogens is 701 g/mol. The van der Waals surface area contributed by atoms with E-state index in [1.807, 2.05) is 21.1 Å². The maximum Gasteiger partial charge on any atom is 0.306 e. The van der Waals surface area contributed by atoms with Crippen LogP contribution in [0.3, 0.4) is 0 Å². The lowest BCUT2D eigenvalue weighted by Gasteiger charge is -2.28. The summed E-state index contributed by atoms with van der Waals surface area (Å²) in [6.45, 7) is 4.13. The van der Waals surface area contributed by atoms with Crippen molar-refractivity contribution in [3.05, 3.63) is 36.5 Å². The van der Waals surface area contributed by atoms with Gasteiger partial charge in [-0.15, -0.1) is 0 Å². The summed E-state index contributed by atoms with van der Waals surface area (Å²) in [5.74, 6) is -0.856. The molecule has 2 unspecified atom stereocenters. The average Bonchev–Trinajstić information content (AvgIpc) is 3.12. The molecule has 0 saturated carbocycles. The number of nitrogens with zero attached hydrogens (tertiary/aromatic N) is 1. The highest BCUT2D eigenvalue weighted by Crippen LogP contribution is 2.38. The van der Waals surface area contributed by atoms with Gasteiger partial charge in [0.05, 0.1) is 27.7 Å². The molecule has 0 saturated heterocycles. The predicted molar refractivity (Wildman–Crippen MR) is 222 cm³/mol. The van der Waals surface area contributed by atoms with Crippen LogP contribution in [-0.4, -0.2) is 70.0 Å². The third-order valence-corrected chi connectivity index (χ3v) is 10.1. The molecule has 54 heavy (non-hydrogen) atoms. The molecule has 0 aliphatic carbocycles. The number of ether oxygens (including phenoxy) is 2. The number of unbranched alkanes of at least 4 members (excludes halogenated alkanes) is 19. The molecule has 0 aromatic carbocycles. The van der Waals surface area contributed by atoms with Crippen molar-refractivity contribution in [2.75, 3.05) is 47.5 Å². The van der Waals surface area contributed by atoms with Crippen LogP contribution in [0.25, 0.3) is 0 Å². The van der Waals surface area contributed by atoms with Crippen molar-refractivity contribution in [2.24, 2.45) is 0 Å². The molecule has 0 radical (unpaired) electrons. The van der Waals surface area contributed by atoms with Gasteiger partial charge in [0.25, 0.3) is 7.82 Å². The molecule has 0 heterocycles. The number of phosphoric ester groups is 1. The zero-order valence-electron chi connectivity index (χ0n) is 35.4. The van der Waals surface area contributed by atoms with Gasteiger partial charge in [0.2, 0.25) is 0 Å². The predicted octanol–water partition coefficient (Wildman–Crippen LogP) is 11.5. The third kappa shape index (κ3) is 39.9. The lowest BCUT2D eigenvalue weighted by atomic mass is 10.1. The van der Waals surface area contributed by atoms with Gasteiger partial charge >= 0.3 is 11.9 Å². The largest absolute Gasteiger partial charge is 0.756 e. The first-order valence-corrected chi connectivity index (χ1v) is 23.2. The van der Waals surface area contributed by atoms with Gasteiger partial charge in [-0.3, -0.25) is 14.2 Å². The quantitative estimate of drug-likeness (QED) is 0.0199. The van der Waals surface area contributed by atoms with E-state index >= 15 is 0 Å². The Kier molecular flexibility index (Phi) is 35.6. The minimum atomic E-state index is -4.63. The average molecular weight is 784 g/mol. The van der Waals surface area contributed by atoms with E-state index in [9.17, 15) is 19.0 Å². The number of phosphoric acid groups is 1. The van der Waals surface area contributed by atoms with Crippen LogP contribution in [-0.2, 0) is 32.7 Å². The van der Waals surface area contributed by atoms with E-state index < -0.39 is 32.5 Å². The summed E-state index contributed by atoms with van der Waals surface area (Å²) in [5.41, 5.74) is 0. The fourth-order valence-corrected chi connectivity index (χ4v) is 6.41. The summed E-state index contributed by atoms with van der Waals surface area (Å²) in [7, 11) is 1.15. The van der Waals surface area contributed by atoms with Crippen LogP contribution >= 0.6 is 7.82 Å². The maximum atomic E-state index is 12.6. The highest BCUT2D eigenvalue weighted by atomic mass is 31.2. The zero-order valence-corrected chi connectivity index (χ0v) is 36.3. The Bertz CT molecular complexity index is 1020. The van der Waals surface area contributed by atoms with Crippen molar-refractivity contribution < 1.29 is 42.1 Å². The number of carbonyl (C=O) groups is 2. The number of esters is 2. The van der Waals surface area contributed by atoms with Gasteiger partial charge in [-0.1, -0.05) is 140 Å². The van der Waals surface area contributed by atoms with E-state index in [1.54, 1.807) is 0 Å². The van der Waals surface area contributed by atoms with Crippen LogP contribution < -0.4 is 4.89 Å². The maximum absolute atomic E-state index is 12.6. The minimum absolute atomic E-state index is 0.0346. The molecule has 0 aliphatic heterocycles. The van der Waals surface area contributed by atoms with E-state index in [1.165, 1.54) is 70.6 Å². The second-order valence-electron chi connectivity index (χ2n) is 15.7. The zero-order chi connectivity index (χ0) is 40.0. The smallest absolute Gasteiger partial charge is 0.306 e. The molecule has 9 nitrogen and oxygen atoms in total. The van der Waals surface area contributed by atoms with Crippen LogP contribution in [0.5, 0.6) is 0 Å². The van der Waals surface area contributed by atoms with Crippen molar-refractivity contribution >= 4 is 19.8 Å². The number of rotatable bonds is 39. The monoisotopic (exact) mass is 784 g/mol. The molecule has 0 aromatic heterocycles. The van der Waals surface area contributed by atoms with Crippen molar-refractivity contribution in [1.82, 2.24) is 0 Å². The Balaban J connectivity index is 4.37. The molecule has 0 aromatic rings.